The number of benzene rings is 1. The average molecular weight is 296 g/mol. The van der Waals surface area contributed by atoms with Crippen LogP contribution in [0.15, 0.2) is 24.3 Å². The number of hydrogen-bond acceptors (Lipinski definition) is 3. The lowest BCUT2D eigenvalue weighted by Gasteiger charge is -2.47. The molecule has 0 bridgehead atoms. The van der Waals surface area contributed by atoms with Crippen LogP contribution in [0.3, 0.4) is 0 Å². The highest BCUT2D eigenvalue weighted by molar-refractivity contribution is 6.31. The monoisotopic (exact) mass is 295 g/mol. The van der Waals surface area contributed by atoms with Crippen LogP contribution in [0.2, 0.25) is 5.02 Å². The summed E-state index contributed by atoms with van der Waals surface area (Å²) in [6, 6.07) is 8.09. The lowest BCUT2D eigenvalue weighted by molar-refractivity contribution is 0.0617. The highest BCUT2D eigenvalue weighted by atomic mass is 35.5. The molecular formula is C16H26ClN3. The lowest BCUT2D eigenvalue weighted by atomic mass is 9.79. The molecule has 4 heteroatoms. The van der Waals surface area contributed by atoms with Gasteiger partial charge in [-0.2, -0.15) is 0 Å². The van der Waals surface area contributed by atoms with Gasteiger partial charge in [0, 0.05) is 10.6 Å². The standard InChI is InChI=1S/C16H26ClN3/c1-3-16(4-2,20-11-7-8-12-20)15(19-18)13-9-5-6-10-14(13)17/h5-6,9-10,15,19H,3-4,7-8,11-12,18H2,1-2H3. The first kappa shape index (κ1) is 15.8. The van der Waals surface area contributed by atoms with Gasteiger partial charge in [0.2, 0.25) is 0 Å². The van der Waals surface area contributed by atoms with E-state index in [1.807, 2.05) is 18.2 Å². The minimum absolute atomic E-state index is 0.0379. The number of hydrazine groups is 1. The molecule has 1 aromatic carbocycles. The van der Waals surface area contributed by atoms with Crippen LogP contribution in [0.5, 0.6) is 0 Å². The van der Waals surface area contributed by atoms with Crippen molar-refractivity contribution in [2.24, 2.45) is 5.84 Å². The molecule has 0 radical (unpaired) electrons. The van der Waals surface area contributed by atoms with Gasteiger partial charge in [-0.05, 0) is 50.4 Å². The Bertz CT molecular complexity index is 425. The van der Waals surface area contributed by atoms with Gasteiger partial charge >= 0.3 is 0 Å². The summed E-state index contributed by atoms with van der Waals surface area (Å²) >= 11 is 6.41. The summed E-state index contributed by atoms with van der Waals surface area (Å²) in [7, 11) is 0. The maximum atomic E-state index is 6.41. The third-order valence-corrected chi connectivity index (χ3v) is 5.22. The molecule has 1 aromatic rings. The Morgan fingerprint density at radius 1 is 1.25 bits per heavy atom. The molecule has 1 unspecified atom stereocenters. The Balaban J connectivity index is 2.42. The third-order valence-electron chi connectivity index (χ3n) is 4.88. The first-order valence-corrected chi connectivity index (χ1v) is 8.03. The normalized spacial score (nSPS) is 18.4. The Labute approximate surface area is 127 Å². The van der Waals surface area contributed by atoms with E-state index in [1.54, 1.807) is 0 Å². The van der Waals surface area contributed by atoms with E-state index < -0.39 is 0 Å². The number of nitrogens with one attached hydrogen (secondary N) is 1. The van der Waals surface area contributed by atoms with E-state index in [0.717, 1.165) is 36.5 Å². The van der Waals surface area contributed by atoms with E-state index in [9.17, 15) is 0 Å². The van der Waals surface area contributed by atoms with E-state index in [-0.39, 0.29) is 11.6 Å². The molecule has 0 amide bonds. The zero-order valence-corrected chi connectivity index (χ0v) is 13.3. The molecule has 1 atom stereocenters. The lowest BCUT2D eigenvalue weighted by Crippen LogP contribution is -2.56. The number of hydrogen-bond donors (Lipinski definition) is 2. The summed E-state index contributed by atoms with van der Waals surface area (Å²) in [5, 5.41) is 0.793. The van der Waals surface area contributed by atoms with Crippen LogP contribution in [0.25, 0.3) is 0 Å². The van der Waals surface area contributed by atoms with Crippen molar-refractivity contribution in [2.45, 2.75) is 51.1 Å². The van der Waals surface area contributed by atoms with E-state index in [1.165, 1.54) is 12.8 Å². The van der Waals surface area contributed by atoms with Crippen LogP contribution in [0.4, 0.5) is 0 Å². The molecule has 1 saturated heterocycles. The maximum Gasteiger partial charge on any atom is 0.0658 e. The van der Waals surface area contributed by atoms with Gasteiger partial charge in [0.05, 0.1) is 6.04 Å². The second kappa shape index (κ2) is 6.90. The van der Waals surface area contributed by atoms with Crippen molar-refractivity contribution in [3.63, 3.8) is 0 Å². The second-order valence-electron chi connectivity index (χ2n) is 5.63. The van der Waals surface area contributed by atoms with Crippen molar-refractivity contribution in [3.8, 4) is 0 Å². The van der Waals surface area contributed by atoms with Gasteiger partial charge in [-0.15, -0.1) is 0 Å². The highest BCUT2D eigenvalue weighted by Gasteiger charge is 2.43. The Morgan fingerprint density at radius 2 is 1.85 bits per heavy atom. The van der Waals surface area contributed by atoms with Gasteiger partial charge in [0.15, 0.2) is 0 Å². The van der Waals surface area contributed by atoms with E-state index in [0.29, 0.717) is 0 Å². The summed E-state index contributed by atoms with van der Waals surface area (Å²) in [6.45, 7) is 6.82. The first-order chi connectivity index (χ1) is 9.69. The molecule has 0 aromatic heterocycles. The van der Waals surface area contributed by atoms with Crippen LogP contribution in [0.1, 0.15) is 51.1 Å². The van der Waals surface area contributed by atoms with Gasteiger partial charge in [-0.1, -0.05) is 43.6 Å². The van der Waals surface area contributed by atoms with Gasteiger partial charge in [0.1, 0.15) is 0 Å². The smallest absolute Gasteiger partial charge is 0.0658 e. The summed E-state index contributed by atoms with van der Waals surface area (Å²) in [5.74, 6) is 5.94. The zero-order chi connectivity index (χ0) is 14.6. The third kappa shape index (κ3) is 2.73. The van der Waals surface area contributed by atoms with E-state index >= 15 is 0 Å². The molecule has 3 nitrogen and oxygen atoms in total. The molecule has 1 aliphatic heterocycles. The van der Waals surface area contributed by atoms with Crippen LogP contribution in [-0.2, 0) is 0 Å². The maximum absolute atomic E-state index is 6.41. The Hall–Kier alpha value is -0.610. The molecule has 3 N–H and O–H groups in total. The number of nitrogens with two attached hydrogens (primary N) is 1. The minimum Gasteiger partial charge on any atom is -0.296 e. The summed E-state index contributed by atoms with van der Waals surface area (Å²) < 4.78 is 0. The predicted octanol–water partition coefficient (Wildman–Crippen LogP) is 3.50. The number of likely N-dealkylation sites (tertiary alicyclic amines) is 1. The largest absolute Gasteiger partial charge is 0.296 e. The van der Waals surface area contributed by atoms with E-state index in [4.69, 9.17) is 17.4 Å². The van der Waals surface area contributed by atoms with Crippen molar-refractivity contribution in [2.75, 3.05) is 13.1 Å². The second-order valence-corrected chi connectivity index (χ2v) is 6.03. The van der Waals surface area contributed by atoms with Crippen molar-refractivity contribution >= 4 is 11.6 Å². The molecular weight excluding hydrogens is 270 g/mol. The summed E-state index contributed by atoms with van der Waals surface area (Å²) in [5.41, 5.74) is 4.19. The van der Waals surface area contributed by atoms with Crippen molar-refractivity contribution in [1.82, 2.24) is 10.3 Å². The van der Waals surface area contributed by atoms with Gasteiger partial charge < -0.3 is 0 Å². The topological polar surface area (TPSA) is 41.3 Å². The quantitative estimate of drug-likeness (QED) is 0.623. The van der Waals surface area contributed by atoms with Crippen LogP contribution in [-0.4, -0.2) is 23.5 Å². The Morgan fingerprint density at radius 3 is 2.35 bits per heavy atom. The number of rotatable bonds is 6. The van der Waals surface area contributed by atoms with Crippen molar-refractivity contribution < 1.29 is 0 Å². The molecule has 0 spiro atoms. The van der Waals surface area contributed by atoms with Gasteiger partial charge in [0.25, 0.3) is 0 Å². The molecule has 1 fully saturated rings. The van der Waals surface area contributed by atoms with Crippen LogP contribution in [0, 0.1) is 0 Å². The zero-order valence-electron chi connectivity index (χ0n) is 12.5. The fourth-order valence-corrected chi connectivity index (χ4v) is 3.94. The van der Waals surface area contributed by atoms with E-state index in [2.05, 4.69) is 30.2 Å². The highest BCUT2D eigenvalue weighted by Crippen LogP contribution is 2.40. The van der Waals surface area contributed by atoms with Crippen molar-refractivity contribution in [1.29, 1.82) is 0 Å². The summed E-state index contributed by atoms with van der Waals surface area (Å²) in [6.07, 6.45) is 4.68. The molecule has 0 aliphatic carbocycles. The number of nitrogens with zero attached hydrogens (tertiary/aromatic N) is 1. The number of halogens is 1. The minimum atomic E-state index is 0.0379. The molecule has 2 rings (SSSR count). The molecule has 20 heavy (non-hydrogen) atoms. The molecule has 112 valence electrons. The molecule has 1 aliphatic rings. The SMILES string of the molecule is CCC(CC)(C(NN)c1ccccc1Cl)N1CCCC1. The first-order valence-electron chi connectivity index (χ1n) is 7.65. The molecule has 1 heterocycles. The van der Waals surface area contributed by atoms with Crippen molar-refractivity contribution in [3.05, 3.63) is 34.9 Å². The van der Waals surface area contributed by atoms with Gasteiger partial charge in [-0.3, -0.25) is 16.2 Å². The summed E-state index contributed by atoms with van der Waals surface area (Å²) in [4.78, 5) is 2.60. The fraction of sp³-hybridized carbons (Fsp3) is 0.625. The predicted molar refractivity (Wildman–Crippen MR) is 85.6 cm³/mol. The Kier molecular flexibility index (Phi) is 5.44. The van der Waals surface area contributed by atoms with Gasteiger partial charge in [-0.25, -0.2) is 0 Å². The fourth-order valence-electron chi connectivity index (χ4n) is 3.69. The average Bonchev–Trinajstić information content (AvgIpc) is 3.01. The van der Waals surface area contributed by atoms with Crippen LogP contribution >= 0.6 is 11.6 Å². The molecule has 0 saturated carbocycles. The van der Waals surface area contributed by atoms with Crippen LogP contribution < -0.4 is 11.3 Å².